The summed E-state index contributed by atoms with van der Waals surface area (Å²) in [5, 5.41) is 7.68. The van der Waals surface area contributed by atoms with E-state index in [9.17, 15) is 0 Å². The second kappa shape index (κ2) is 6.88. The van der Waals surface area contributed by atoms with E-state index in [1.54, 1.807) is 7.11 Å². The lowest BCUT2D eigenvalue weighted by atomic mass is 9.85. The van der Waals surface area contributed by atoms with E-state index in [2.05, 4.69) is 43.2 Å². The monoisotopic (exact) mass is 295 g/mol. The van der Waals surface area contributed by atoms with E-state index in [0.29, 0.717) is 17.8 Å². The summed E-state index contributed by atoms with van der Waals surface area (Å²) in [6.45, 7) is 9.57. The molecule has 1 heterocycles. The van der Waals surface area contributed by atoms with Crippen molar-refractivity contribution in [2.45, 2.75) is 71.4 Å². The molecule has 2 rings (SSSR count). The van der Waals surface area contributed by atoms with Crippen molar-refractivity contribution in [1.82, 2.24) is 15.5 Å². The van der Waals surface area contributed by atoms with Crippen LogP contribution in [0.1, 0.15) is 77.1 Å². The quantitative estimate of drug-likeness (QED) is 0.901. The molecular weight excluding hydrogens is 266 g/mol. The molecule has 1 unspecified atom stereocenters. The Balaban J connectivity index is 2.00. The Labute approximate surface area is 127 Å². The maximum Gasteiger partial charge on any atom is 0.229 e. The summed E-state index contributed by atoms with van der Waals surface area (Å²) in [7, 11) is 1.70. The molecule has 0 aromatic carbocycles. The van der Waals surface area contributed by atoms with Crippen molar-refractivity contribution < 1.29 is 9.26 Å². The highest BCUT2D eigenvalue weighted by Crippen LogP contribution is 2.36. The number of aromatic nitrogens is 2. The van der Waals surface area contributed by atoms with Crippen LogP contribution in [0.5, 0.6) is 0 Å². The van der Waals surface area contributed by atoms with Gasteiger partial charge in [0.15, 0.2) is 0 Å². The van der Waals surface area contributed by atoms with Crippen molar-refractivity contribution in [1.29, 1.82) is 0 Å². The lowest BCUT2D eigenvalue weighted by Gasteiger charge is -2.27. The highest BCUT2D eigenvalue weighted by molar-refractivity contribution is 5.01. The minimum atomic E-state index is -0.131. The molecule has 1 aliphatic carbocycles. The van der Waals surface area contributed by atoms with Gasteiger partial charge in [-0.1, -0.05) is 32.9 Å². The smallest absolute Gasteiger partial charge is 0.229 e. The summed E-state index contributed by atoms with van der Waals surface area (Å²) in [6, 6.07) is 0.648. The summed E-state index contributed by atoms with van der Waals surface area (Å²) in [5.74, 6) is 1.86. The normalized spacial score (nSPS) is 25.0. The molecule has 1 fully saturated rings. The zero-order valence-corrected chi connectivity index (χ0v) is 14.0. The lowest BCUT2D eigenvalue weighted by Crippen LogP contribution is -2.32. The van der Waals surface area contributed by atoms with Gasteiger partial charge < -0.3 is 14.6 Å². The first kappa shape index (κ1) is 16.4. The Hall–Kier alpha value is -0.940. The maximum absolute atomic E-state index is 5.56. The van der Waals surface area contributed by atoms with Gasteiger partial charge >= 0.3 is 0 Å². The van der Waals surface area contributed by atoms with Crippen LogP contribution in [0, 0.1) is 5.41 Å². The van der Waals surface area contributed by atoms with E-state index in [0.717, 1.165) is 25.3 Å². The van der Waals surface area contributed by atoms with E-state index in [4.69, 9.17) is 9.26 Å². The van der Waals surface area contributed by atoms with Gasteiger partial charge in [-0.15, -0.1) is 0 Å². The third-order valence-electron chi connectivity index (χ3n) is 4.28. The average Bonchev–Trinajstić information content (AvgIpc) is 2.88. The molecule has 0 bridgehead atoms. The van der Waals surface area contributed by atoms with Crippen molar-refractivity contribution in [3.05, 3.63) is 11.7 Å². The van der Waals surface area contributed by atoms with Crippen LogP contribution in [0.25, 0.3) is 0 Å². The largest absolute Gasteiger partial charge is 0.373 e. The first-order valence-corrected chi connectivity index (χ1v) is 8.05. The van der Waals surface area contributed by atoms with Crippen molar-refractivity contribution >= 4 is 0 Å². The molecule has 1 aromatic rings. The molecule has 0 radical (unpaired) electrons. The standard InChI is InChI=1S/C16H29N3O2/c1-6-17-12-9-7-11(8-10-12)15-18-14(19-21-15)13(20-5)16(2,3)4/h11-13,17H,6-10H2,1-5H3. The van der Waals surface area contributed by atoms with Gasteiger partial charge in [-0.05, 0) is 37.6 Å². The van der Waals surface area contributed by atoms with Gasteiger partial charge in [0.2, 0.25) is 11.7 Å². The van der Waals surface area contributed by atoms with Crippen LogP contribution in [0.2, 0.25) is 0 Å². The molecule has 0 aliphatic heterocycles. The van der Waals surface area contributed by atoms with Crippen molar-refractivity contribution in [3.63, 3.8) is 0 Å². The number of rotatable bonds is 5. The van der Waals surface area contributed by atoms with Gasteiger partial charge in [-0.25, -0.2) is 0 Å². The Bertz CT molecular complexity index is 431. The molecule has 0 spiro atoms. The Morgan fingerprint density at radius 1 is 1.29 bits per heavy atom. The summed E-state index contributed by atoms with van der Waals surface area (Å²) >= 11 is 0. The lowest BCUT2D eigenvalue weighted by molar-refractivity contribution is 0.00718. The second-order valence-corrected chi connectivity index (χ2v) is 7.08. The first-order chi connectivity index (χ1) is 9.95. The topological polar surface area (TPSA) is 60.2 Å². The SMILES string of the molecule is CCNC1CCC(c2nc(C(OC)C(C)(C)C)no2)CC1. The minimum absolute atomic E-state index is 0.0431. The fourth-order valence-electron chi connectivity index (χ4n) is 3.20. The van der Waals surface area contributed by atoms with E-state index in [1.165, 1.54) is 12.8 Å². The van der Waals surface area contributed by atoms with Gasteiger partial charge in [0.25, 0.3) is 0 Å². The van der Waals surface area contributed by atoms with E-state index in [-0.39, 0.29) is 11.5 Å². The Morgan fingerprint density at radius 3 is 2.48 bits per heavy atom. The average molecular weight is 295 g/mol. The van der Waals surface area contributed by atoms with Crippen LogP contribution in [0.4, 0.5) is 0 Å². The number of hydrogen-bond donors (Lipinski definition) is 1. The molecule has 1 aliphatic rings. The van der Waals surface area contributed by atoms with Crippen molar-refractivity contribution in [2.24, 2.45) is 5.41 Å². The molecule has 5 nitrogen and oxygen atoms in total. The number of nitrogens with zero attached hydrogens (tertiary/aromatic N) is 2. The zero-order valence-electron chi connectivity index (χ0n) is 14.0. The Kier molecular flexibility index (Phi) is 5.38. The molecular formula is C16H29N3O2. The first-order valence-electron chi connectivity index (χ1n) is 8.05. The van der Waals surface area contributed by atoms with Crippen LogP contribution in [-0.2, 0) is 4.74 Å². The highest BCUT2D eigenvalue weighted by Gasteiger charge is 2.32. The fraction of sp³-hybridized carbons (Fsp3) is 0.875. The third-order valence-corrected chi connectivity index (χ3v) is 4.28. The summed E-state index contributed by atoms with van der Waals surface area (Å²) in [4.78, 5) is 4.62. The molecule has 1 atom stereocenters. The molecule has 5 heteroatoms. The molecule has 0 saturated heterocycles. The Morgan fingerprint density at radius 2 is 1.95 bits per heavy atom. The highest BCUT2D eigenvalue weighted by atomic mass is 16.5. The van der Waals surface area contributed by atoms with Gasteiger partial charge in [-0.2, -0.15) is 4.98 Å². The van der Waals surface area contributed by atoms with Gasteiger partial charge in [0, 0.05) is 19.1 Å². The zero-order chi connectivity index (χ0) is 15.5. The fourth-order valence-corrected chi connectivity index (χ4v) is 3.20. The summed E-state index contributed by atoms with van der Waals surface area (Å²) < 4.78 is 11.1. The van der Waals surface area contributed by atoms with Crippen molar-refractivity contribution in [3.8, 4) is 0 Å². The molecule has 21 heavy (non-hydrogen) atoms. The number of ether oxygens (including phenoxy) is 1. The number of hydrogen-bond acceptors (Lipinski definition) is 5. The van der Waals surface area contributed by atoms with Crippen molar-refractivity contribution in [2.75, 3.05) is 13.7 Å². The second-order valence-electron chi connectivity index (χ2n) is 7.08. The predicted molar refractivity (Wildman–Crippen MR) is 82.2 cm³/mol. The van der Waals surface area contributed by atoms with E-state index in [1.807, 2.05) is 0 Å². The maximum atomic E-state index is 5.56. The molecule has 0 amide bonds. The number of nitrogens with one attached hydrogen (secondary N) is 1. The molecule has 1 aromatic heterocycles. The predicted octanol–water partition coefficient (Wildman–Crippen LogP) is 3.44. The van der Waals surface area contributed by atoms with Gasteiger partial charge in [-0.3, -0.25) is 0 Å². The van der Waals surface area contributed by atoms with Crippen LogP contribution in [0.15, 0.2) is 4.52 Å². The molecule has 1 N–H and O–H groups in total. The summed E-state index contributed by atoms with van der Waals surface area (Å²) in [5.41, 5.74) is -0.0431. The van der Waals surface area contributed by atoms with Crippen LogP contribution < -0.4 is 5.32 Å². The third kappa shape index (κ3) is 4.04. The van der Waals surface area contributed by atoms with E-state index >= 15 is 0 Å². The minimum Gasteiger partial charge on any atom is -0.373 e. The number of methoxy groups -OCH3 is 1. The summed E-state index contributed by atoms with van der Waals surface area (Å²) in [6.07, 6.45) is 4.47. The van der Waals surface area contributed by atoms with Gasteiger partial charge in [0.05, 0.1) is 0 Å². The van der Waals surface area contributed by atoms with Crippen LogP contribution in [-0.4, -0.2) is 29.8 Å². The molecule has 1 saturated carbocycles. The van der Waals surface area contributed by atoms with Crippen LogP contribution >= 0.6 is 0 Å². The molecule has 120 valence electrons. The van der Waals surface area contributed by atoms with Crippen LogP contribution in [0.3, 0.4) is 0 Å². The van der Waals surface area contributed by atoms with Gasteiger partial charge in [0.1, 0.15) is 6.10 Å². The van der Waals surface area contributed by atoms with E-state index < -0.39 is 0 Å².